The summed E-state index contributed by atoms with van der Waals surface area (Å²) in [5.74, 6) is 0.0522. The average Bonchev–Trinajstić information content (AvgIpc) is 3.09. The fourth-order valence-corrected chi connectivity index (χ4v) is 3.45. The Morgan fingerprint density at radius 2 is 1.94 bits per heavy atom. The van der Waals surface area contributed by atoms with Gasteiger partial charge in [0.2, 0.25) is 0 Å². The van der Waals surface area contributed by atoms with Crippen molar-refractivity contribution < 1.29 is 19.0 Å². The van der Waals surface area contributed by atoms with Crippen LogP contribution in [0.2, 0.25) is 0 Å². The molecule has 2 aromatic heterocycles. The van der Waals surface area contributed by atoms with Gasteiger partial charge in [-0.05, 0) is 37.6 Å². The molecule has 0 bridgehead atoms. The predicted molar refractivity (Wildman–Crippen MR) is 119 cm³/mol. The van der Waals surface area contributed by atoms with Crippen molar-refractivity contribution in [2.24, 2.45) is 0 Å². The number of pyridine rings is 1. The zero-order chi connectivity index (χ0) is 22.9. The van der Waals surface area contributed by atoms with E-state index in [2.05, 4.69) is 10.4 Å². The van der Waals surface area contributed by atoms with Crippen molar-refractivity contribution >= 4 is 10.9 Å². The molecule has 0 aliphatic rings. The Hall–Kier alpha value is -2.95. The number of rotatable bonds is 13. The van der Waals surface area contributed by atoms with Crippen LogP contribution in [0.3, 0.4) is 0 Å². The van der Waals surface area contributed by atoms with Crippen LogP contribution >= 0.6 is 0 Å². The van der Waals surface area contributed by atoms with Crippen molar-refractivity contribution in [1.82, 2.24) is 19.7 Å². The largest absolute Gasteiger partial charge is 0.487 e. The zero-order valence-corrected chi connectivity index (χ0v) is 18.1. The van der Waals surface area contributed by atoms with Crippen LogP contribution in [0.4, 0.5) is 4.39 Å². The number of aromatic amines is 1. The van der Waals surface area contributed by atoms with E-state index in [-0.39, 0.29) is 30.1 Å². The highest BCUT2D eigenvalue weighted by molar-refractivity contribution is 5.80. The summed E-state index contributed by atoms with van der Waals surface area (Å²) in [5.41, 5.74) is 0.373. The number of H-pyrrole nitrogens is 1. The first-order valence-corrected chi connectivity index (χ1v) is 10.7. The Balaban J connectivity index is 1.95. The van der Waals surface area contributed by atoms with E-state index < -0.39 is 0 Å². The number of hydrogen-bond donors (Lipinski definition) is 3. The number of benzene rings is 1. The van der Waals surface area contributed by atoms with Gasteiger partial charge in [-0.3, -0.25) is 19.4 Å². The summed E-state index contributed by atoms with van der Waals surface area (Å²) in [4.78, 5) is 26.0. The van der Waals surface area contributed by atoms with Crippen LogP contribution < -0.4 is 21.2 Å². The van der Waals surface area contributed by atoms with E-state index in [1.807, 2.05) is 6.92 Å². The van der Waals surface area contributed by atoms with Gasteiger partial charge in [0.25, 0.3) is 11.1 Å². The lowest BCUT2D eigenvalue weighted by Gasteiger charge is -2.14. The number of aliphatic hydroxyl groups is 1. The van der Waals surface area contributed by atoms with Gasteiger partial charge in [-0.1, -0.05) is 0 Å². The molecule has 0 radical (unpaired) electrons. The van der Waals surface area contributed by atoms with E-state index in [1.54, 1.807) is 0 Å². The maximum Gasteiger partial charge on any atom is 0.276 e. The van der Waals surface area contributed by atoms with Crippen molar-refractivity contribution in [3.05, 3.63) is 62.6 Å². The van der Waals surface area contributed by atoms with E-state index in [4.69, 9.17) is 14.6 Å². The molecule has 32 heavy (non-hydrogen) atoms. The van der Waals surface area contributed by atoms with Crippen molar-refractivity contribution in [2.75, 3.05) is 32.9 Å². The summed E-state index contributed by atoms with van der Waals surface area (Å²) in [6, 6.07) is 6.97. The number of ether oxygens (including phenoxy) is 2. The van der Waals surface area contributed by atoms with E-state index in [9.17, 15) is 14.0 Å². The molecule has 0 aliphatic carbocycles. The highest BCUT2D eigenvalue weighted by Crippen LogP contribution is 2.17. The Bertz CT molecular complexity index is 1120. The molecule has 0 atom stereocenters. The first-order valence-electron chi connectivity index (χ1n) is 10.7. The second-order valence-corrected chi connectivity index (χ2v) is 7.20. The van der Waals surface area contributed by atoms with Crippen LogP contribution in [0.5, 0.6) is 5.75 Å². The molecule has 174 valence electrons. The number of fused-ring (bicyclic) bond motifs is 1. The number of aromatic nitrogens is 3. The Morgan fingerprint density at radius 1 is 1.16 bits per heavy atom. The van der Waals surface area contributed by atoms with Crippen LogP contribution in [0.25, 0.3) is 10.9 Å². The van der Waals surface area contributed by atoms with E-state index in [0.29, 0.717) is 68.2 Å². The molecule has 3 rings (SSSR count). The number of nitrogens with zero attached hydrogens (tertiary/aromatic N) is 2. The summed E-state index contributed by atoms with van der Waals surface area (Å²) >= 11 is 0. The van der Waals surface area contributed by atoms with Gasteiger partial charge in [-0.2, -0.15) is 0 Å². The summed E-state index contributed by atoms with van der Waals surface area (Å²) in [7, 11) is 0. The summed E-state index contributed by atoms with van der Waals surface area (Å²) in [5, 5.41) is 15.3. The molecule has 0 aliphatic heterocycles. The molecular formula is C22H29FN4O5. The fraction of sp³-hybridized carbons (Fsp3) is 0.455. The molecule has 0 spiro atoms. The summed E-state index contributed by atoms with van der Waals surface area (Å²) < 4.78 is 27.3. The third-order valence-electron chi connectivity index (χ3n) is 5.00. The Morgan fingerprint density at radius 3 is 2.66 bits per heavy atom. The van der Waals surface area contributed by atoms with Crippen LogP contribution in [-0.4, -0.2) is 52.4 Å². The number of halogens is 1. The molecule has 0 fully saturated rings. The van der Waals surface area contributed by atoms with Gasteiger partial charge >= 0.3 is 0 Å². The minimum absolute atomic E-state index is 0.00770. The smallest absolute Gasteiger partial charge is 0.276 e. The monoisotopic (exact) mass is 448 g/mol. The molecule has 1 aromatic carbocycles. The second-order valence-electron chi connectivity index (χ2n) is 7.20. The zero-order valence-electron chi connectivity index (χ0n) is 18.1. The fourth-order valence-electron chi connectivity index (χ4n) is 3.45. The van der Waals surface area contributed by atoms with Gasteiger partial charge in [0, 0.05) is 38.9 Å². The first-order chi connectivity index (χ1) is 15.5. The molecule has 3 N–H and O–H groups in total. The normalized spacial score (nSPS) is 11.3. The van der Waals surface area contributed by atoms with Crippen molar-refractivity contribution in [3.8, 4) is 5.75 Å². The second kappa shape index (κ2) is 11.6. The highest BCUT2D eigenvalue weighted by Gasteiger charge is 2.18. The lowest BCUT2D eigenvalue weighted by atomic mass is 10.2. The van der Waals surface area contributed by atoms with Crippen LogP contribution in [0.1, 0.15) is 19.0 Å². The average molecular weight is 448 g/mol. The van der Waals surface area contributed by atoms with Gasteiger partial charge in [0.05, 0.1) is 29.7 Å². The number of hydrogen-bond acceptors (Lipinski definition) is 6. The van der Waals surface area contributed by atoms with Crippen molar-refractivity contribution in [2.45, 2.75) is 33.0 Å². The van der Waals surface area contributed by atoms with Gasteiger partial charge in [0.1, 0.15) is 18.2 Å². The lowest BCUT2D eigenvalue weighted by molar-refractivity contribution is 0.141. The molecular weight excluding hydrogens is 419 g/mol. The minimum atomic E-state index is -0.379. The topological polar surface area (TPSA) is 111 Å². The third kappa shape index (κ3) is 5.84. The standard InChI is InChI=1S/C22H29FN4O5/c1-2-31-13-3-10-26-19(15-32-17-6-4-16(23)5-7-17)21-18(14-20(26)29)25-27(22(21)30)11-8-24-9-12-28/h4-7,14,24-25,28H,2-3,8-13,15H2,1H3. The predicted octanol–water partition coefficient (Wildman–Crippen LogP) is 1.22. The summed E-state index contributed by atoms with van der Waals surface area (Å²) in [6.45, 7) is 4.59. The quantitative estimate of drug-likeness (QED) is 0.339. The number of nitrogens with one attached hydrogen (secondary N) is 2. The maximum atomic E-state index is 13.2. The van der Waals surface area contributed by atoms with Gasteiger partial charge in [-0.25, -0.2) is 4.39 Å². The van der Waals surface area contributed by atoms with Gasteiger partial charge in [0.15, 0.2) is 0 Å². The molecule has 0 saturated carbocycles. The minimum Gasteiger partial charge on any atom is -0.487 e. The molecule has 0 saturated heterocycles. The maximum absolute atomic E-state index is 13.2. The highest BCUT2D eigenvalue weighted by atomic mass is 19.1. The van der Waals surface area contributed by atoms with E-state index in [0.717, 1.165) is 0 Å². The Labute approximate surface area is 184 Å². The van der Waals surface area contributed by atoms with Crippen molar-refractivity contribution in [3.63, 3.8) is 0 Å². The van der Waals surface area contributed by atoms with Crippen molar-refractivity contribution in [1.29, 1.82) is 0 Å². The summed E-state index contributed by atoms with van der Waals surface area (Å²) in [6.07, 6.45) is 0.604. The van der Waals surface area contributed by atoms with E-state index in [1.165, 1.54) is 39.6 Å². The molecule has 0 amide bonds. The molecule has 10 heteroatoms. The lowest BCUT2D eigenvalue weighted by Crippen LogP contribution is -2.28. The van der Waals surface area contributed by atoms with Gasteiger partial charge in [-0.15, -0.1) is 0 Å². The molecule has 3 aromatic rings. The molecule has 9 nitrogen and oxygen atoms in total. The Kier molecular flexibility index (Phi) is 8.60. The SMILES string of the molecule is CCOCCCn1c(COc2ccc(F)cc2)c2c(=O)n(CCNCCO)[nH]c2cc1=O. The van der Waals surface area contributed by atoms with Gasteiger partial charge < -0.3 is 24.5 Å². The molecule has 2 heterocycles. The van der Waals surface area contributed by atoms with Crippen LogP contribution in [0, 0.1) is 5.82 Å². The van der Waals surface area contributed by atoms with E-state index >= 15 is 0 Å². The first kappa shape index (κ1) is 23.7. The van der Waals surface area contributed by atoms with Crippen LogP contribution in [-0.2, 0) is 24.4 Å². The van der Waals surface area contributed by atoms with Crippen LogP contribution in [0.15, 0.2) is 39.9 Å². The third-order valence-corrected chi connectivity index (χ3v) is 5.00. The number of aliphatic hydroxyl groups excluding tert-OH is 1. The molecule has 0 unspecified atom stereocenters.